The van der Waals surface area contributed by atoms with Gasteiger partial charge in [-0.05, 0) is 19.4 Å². The summed E-state index contributed by atoms with van der Waals surface area (Å²) in [5.41, 5.74) is 0.775. The normalized spacial score (nSPS) is 15.9. The van der Waals surface area contributed by atoms with E-state index in [1.54, 1.807) is 0 Å². The lowest BCUT2D eigenvalue weighted by molar-refractivity contribution is 0.0378. The van der Waals surface area contributed by atoms with Crippen LogP contribution in [0.2, 0.25) is 0 Å². The maximum Gasteiger partial charge on any atom is 0.224 e. The number of aromatic nitrogens is 4. The van der Waals surface area contributed by atoms with E-state index in [0.29, 0.717) is 5.95 Å². The number of hydrogen-bond donors (Lipinski definition) is 1. The van der Waals surface area contributed by atoms with Crippen LogP contribution in [0.1, 0.15) is 32.6 Å². The topological polar surface area (TPSA) is 68.1 Å². The SMILES string of the molecule is CCCCCn1cc2cnc(NCCCN3CCOCC3)nc2n1. The zero-order valence-electron chi connectivity index (χ0n) is 14.6. The molecular formula is C17H28N6O. The van der Waals surface area contributed by atoms with Crippen LogP contribution in [0.4, 0.5) is 5.95 Å². The maximum absolute atomic E-state index is 5.36. The second-order valence-corrected chi connectivity index (χ2v) is 6.31. The van der Waals surface area contributed by atoms with E-state index in [-0.39, 0.29) is 0 Å². The van der Waals surface area contributed by atoms with Crippen LogP contribution in [0.15, 0.2) is 12.4 Å². The standard InChI is InChI=1S/C17H28N6O/c1-2-3-4-8-23-14-15-13-19-17(20-16(15)21-23)18-6-5-7-22-9-11-24-12-10-22/h13-14H,2-12H2,1H3,(H,18,20,21). The smallest absolute Gasteiger partial charge is 0.224 e. The lowest BCUT2D eigenvalue weighted by atomic mass is 10.2. The number of morpholine rings is 1. The molecule has 0 saturated carbocycles. The van der Waals surface area contributed by atoms with Crippen molar-refractivity contribution in [3.8, 4) is 0 Å². The van der Waals surface area contributed by atoms with Crippen molar-refractivity contribution >= 4 is 17.0 Å². The predicted octanol–water partition coefficient (Wildman–Crippen LogP) is 2.15. The molecule has 1 aliphatic rings. The molecule has 2 aromatic rings. The van der Waals surface area contributed by atoms with Crippen molar-refractivity contribution in [3.63, 3.8) is 0 Å². The van der Waals surface area contributed by atoms with Gasteiger partial charge in [0.05, 0.1) is 18.6 Å². The first-order valence-corrected chi connectivity index (χ1v) is 9.09. The van der Waals surface area contributed by atoms with E-state index in [2.05, 4.69) is 32.2 Å². The molecule has 0 amide bonds. The summed E-state index contributed by atoms with van der Waals surface area (Å²) in [5, 5.41) is 8.86. The second kappa shape index (κ2) is 8.94. The van der Waals surface area contributed by atoms with E-state index >= 15 is 0 Å². The first-order valence-electron chi connectivity index (χ1n) is 9.09. The van der Waals surface area contributed by atoms with Gasteiger partial charge in [0.25, 0.3) is 0 Å². The number of rotatable bonds is 9. The number of unbranched alkanes of at least 4 members (excludes halogenated alkanes) is 2. The molecule has 0 aromatic carbocycles. The van der Waals surface area contributed by atoms with Crippen molar-refractivity contribution in [1.29, 1.82) is 0 Å². The van der Waals surface area contributed by atoms with Gasteiger partial charge in [-0.2, -0.15) is 10.1 Å². The molecule has 0 atom stereocenters. The molecule has 1 aliphatic heterocycles. The Morgan fingerprint density at radius 2 is 2.04 bits per heavy atom. The first-order chi connectivity index (χ1) is 11.8. The van der Waals surface area contributed by atoms with Crippen LogP contribution < -0.4 is 5.32 Å². The van der Waals surface area contributed by atoms with Crippen LogP contribution in [0.3, 0.4) is 0 Å². The third kappa shape index (κ3) is 4.88. The highest BCUT2D eigenvalue weighted by molar-refractivity contribution is 5.73. The molecule has 2 aromatic heterocycles. The van der Waals surface area contributed by atoms with E-state index < -0.39 is 0 Å². The summed E-state index contributed by atoms with van der Waals surface area (Å²) in [6.45, 7) is 8.91. The lowest BCUT2D eigenvalue weighted by Crippen LogP contribution is -2.37. The lowest BCUT2D eigenvalue weighted by Gasteiger charge is -2.26. The van der Waals surface area contributed by atoms with Crippen LogP contribution in [0.25, 0.3) is 11.0 Å². The number of hydrogen-bond acceptors (Lipinski definition) is 6. The van der Waals surface area contributed by atoms with Crippen molar-refractivity contribution in [2.45, 2.75) is 39.2 Å². The maximum atomic E-state index is 5.36. The Balaban J connectivity index is 1.46. The van der Waals surface area contributed by atoms with Crippen molar-refractivity contribution < 1.29 is 4.74 Å². The molecule has 1 saturated heterocycles. The molecule has 0 spiro atoms. The zero-order chi connectivity index (χ0) is 16.6. The predicted molar refractivity (Wildman–Crippen MR) is 95.2 cm³/mol. The van der Waals surface area contributed by atoms with Crippen LogP contribution in [0, 0.1) is 0 Å². The number of fused-ring (bicyclic) bond motifs is 1. The van der Waals surface area contributed by atoms with E-state index in [9.17, 15) is 0 Å². The number of nitrogens with zero attached hydrogens (tertiary/aromatic N) is 5. The van der Waals surface area contributed by atoms with Gasteiger partial charge in [-0.1, -0.05) is 19.8 Å². The van der Waals surface area contributed by atoms with Crippen molar-refractivity contribution in [2.24, 2.45) is 0 Å². The molecule has 3 heterocycles. The van der Waals surface area contributed by atoms with Crippen LogP contribution in [0.5, 0.6) is 0 Å². The van der Waals surface area contributed by atoms with Crippen LogP contribution in [-0.2, 0) is 11.3 Å². The molecule has 24 heavy (non-hydrogen) atoms. The van der Waals surface area contributed by atoms with Crippen molar-refractivity contribution in [2.75, 3.05) is 44.7 Å². The molecule has 132 valence electrons. The van der Waals surface area contributed by atoms with Crippen molar-refractivity contribution in [1.82, 2.24) is 24.6 Å². The van der Waals surface area contributed by atoms with E-state index in [1.807, 2.05) is 17.1 Å². The molecule has 1 fully saturated rings. The van der Waals surface area contributed by atoms with Gasteiger partial charge < -0.3 is 10.1 Å². The van der Waals surface area contributed by atoms with Crippen molar-refractivity contribution in [3.05, 3.63) is 12.4 Å². The molecule has 7 heteroatoms. The Morgan fingerprint density at radius 1 is 1.17 bits per heavy atom. The highest BCUT2D eigenvalue weighted by atomic mass is 16.5. The molecule has 3 rings (SSSR count). The third-order valence-electron chi connectivity index (χ3n) is 4.34. The summed E-state index contributed by atoms with van der Waals surface area (Å²) in [6.07, 6.45) is 8.58. The summed E-state index contributed by atoms with van der Waals surface area (Å²) < 4.78 is 7.35. The first kappa shape index (κ1) is 17.1. The molecule has 1 N–H and O–H groups in total. The fourth-order valence-electron chi connectivity index (χ4n) is 2.92. The van der Waals surface area contributed by atoms with Gasteiger partial charge >= 0.3 is 0 Å². The molecule has 0 radical (unpaired) electrons. The molecule has 7 nitrogen and oxygen atoms in total. The highest BCUT2D eigenvalue weighted by Crippen LogP contribution is 2.11. The largest absolute Gasteiger partial charge is 0.379 e. The second-order valence-electron chi connectivity index (χ2n) is 6.31. The Kier molecular flexibility index (Phi) is 6.37. The van der Waals surface area contributed by atoms with E-state index in [0.717, 1.165) is 69.8 Å². The number of ether oxygens (including phenoxy) is 1. The summed E-state index contributed by atoms with van der Waals surface area (Å²) in [4.78, 5) is 11.4. The Bertz CT molecular complexity index is 623. The van der Waals surface area contributed by atoms with Gasteiger partial charge in [-0.15, -0.1) is 0 Å². The van der Waals surface area contributed by atoms with Gasteiger partial charge in [-0.25, -0.2) is 4.98 Å². The average molecular weight is 332 g/mol. The average Bonchev–Trinajstić information content (AvgIpc) is 3.02. The summed E-state index contributed by atoms with van der Waals surface area (Å²) in [7, 11) is 0. The molecule has 0 aliphatic carbocycles. The van der Waals surface area contributed by atoms with Crippen LogP contribution >= 0.6 is 0 Å². The van der Waals surface area contributed by atoms with Gasteiger partial charge in [0.2, 0.25) is 5.95 Å². The minimum absolute atomic E-state index is 0.670. The summed E-state index contributed by atoms with van der Waals surface area (Å²) in [6, 6.07) is 0. The van der Waals surface area contributed by atoms with E-state index in [4.69, 9.17) is 4.74 Å². The summed E-state index contributed by atoms with van der Waals surface area (Å²) in [5.74, 6) is 0.670. The minimum Gasteiger partial charge on any atom is -0.379 e. The van der Waals surface area contributed by atoms with Crippen LogP contribution in [-0.4, -0.2) is 64.0 Å². The third-order valence-corrected chi connectivity index (χ3v) is 4.34. The zero-order valence-corrected chi connectivity index (χ0v) is 14.6. The highest BCUT2D eigenvalue weighted by Gasteiger charge is 2.09. The quantitative estimate of drug-likeness (QED) is 0.710. The Hall–Kier alpha value is -1.73. The molecule has 0 unspecified atom stereocenters. The fraction of sp³-hybridized carbons (Fsp3) is 0.706. The Morgan fingerprint density at radius 3 is 2.88 bits per heavy atom. The fourth-order valence-corrected chi connectivity index (χ4v) is 2.92. The van der Waals surface area contributed by atoms with Gasteiger partial charge in [0.15, 0.2) is 5.65 Å². The van der Waals surface area contributed by atoms with Gasteiger partial charge in [0, 0.05) is 38.6 Å². The number of nitrogens with one attached hydrogen (secondary N) is 1. The molecular weight excluding hydrogens is 304 g/mol. The van der Waals surface area contributed by atoms with Gasteiger partial charge in [-0.3, -0.25) is 9.58 Å². The Labute approximate surface area is 143 Å². The summed E-state index contributed by atoms with van der Waals surface area (Å²) >= 11 is 0. The van der Waals surface area contributed by atoms with E-state index in [1.165, 1.54) is 12.8 Å². The molecule has 0 bridgehead atoms. The monoisotopic (exact) mass is 332 g/mol. The number of anilines is 1. The minimum atomic E-state index is 0.670. The number of aryl methyl sites for hydroxylation is 1. The van der Waals surface area contributed by atoms with Gasteiger partial charge in [0.1, 0.15) is 0 Å².